The molecule has 2 heterocycles. The third-order valence-electron chi connectivity index (χ3n) is 3.99. The van der Waals surface area contributed by atoms with Gasteiger partial charge in [-0.2, -0.15) is 0 Å². The van der Waals surface area contributed by atoms with Gasteiger partial charge in [0.1, 0.15) is 0 Å². The summed E-state index contributed by atoms with van der Waals surface area (Å²) >= 11 is 0. The van der Waals surface area contributed by atoms with Crippen LogP contribution in [0, 0.1) is 5.92 Å². The number of pyridine rings is 1. The van der Waals surface area contributed by atoms with E-state index in [1.165, 1.54) is 19.4 Å². The van der Waals surface area contributed by atoms with Crippen LogP contribution in [0.4, 0.5) is 5.69 Å². The molecule has 0 aromatic carbocycles. The summed E-state index contributed by atoms with van der Waals surface area (Å²) in [4.78, 5) is 20.2. The van der Waals surface area contributed by atoms with Crippen molar-refractivity contribution < 1.29 is 4.79 Å². The lowest BCUT2D eigenvalue weighted by atomic mass is 10.1. The molecule has 2 N–H and O–H groups in total. The van der Waals surface area contributed by atoms with Crippen molar-refractivity contribution in [3.63, 3.8) is 0 Å². The number of primary amides is 1. The average molecular weight is 260 g/mol. The fourth-order valence-corrected chi connectivity index (χ4v) is 2.69. The van der Waals surface area contributed by atoms with Gasteiger partial charge in [0, 0.05) is 45.1 Å². The van der Waals surface area contributed by atoms with Gasteiger partial charge in [-0.05, 0) is 24.8 Å². The van der Waals surface area contributed by atoms with Gasteiger partial charge in [0.15, 0.2) is 0 Å². The molecule has 102 valence electrons. The van der Waals surface area contributed by atoms with Crippen LogP contribution in [0.25, 0.3) is 0 Å². The Hall–Kier alpha value is -1.62. The zero-order valence-electron chi connectivity index (χ0n) is 11.1. The first-order valence-electron chi connectivity index (χ1n) is 6.95. The van der Waals surface area contributed by atoms with Crippen molar-refractivity contribution in [2.75, 3.05) is 37.6 Å². The predicted molar refractivity (Wildman–Crippen MR) is 74.1 cm³/mol. The van der Waals surface area contributed by atoms with Crippen molar-refractivity contribution in [1.29, 1.82) is 0 Å². The Morgan fingerprint density at radius 1 is 1.32 bits per heavy atom. The molecular formula is C14H20N4O. The summed E-state index contributed by atoms with van der Waals surface area (Å²) in [7, 11) is 0. The molecule has 5 heteroatoms. The number of hydrogen-bond donors (Lipinski definition) is 1. The first kappa shape index (κ1) is 12.4. The fraction of sp³-hybridized carbons (Fsp3) is 0.571. The first-order valence-corrected chi connectivity index (χ1v) is 6.95. The Balaban J connectivity index is 1.65. The summed E-state index contributed by atoms with van der Waals surface area (Å²) in [5, 5.41) is 0. The SMILES string of the molecule is NC(=O)c1cnccc1N1CCN(CC2CC2)CC1. The Morgan fingerprint density at radius 3 is 2.68 bits per heavy atom. The van der Waals surface area contributed by atoms with Crippen molar-refractivity contribution >= 4 is 11.6 Å². The number of piperazine rings is 1. The maximum atomic E-state index is 11.4. The van der Waals surface area contributed by atoms with Gasteiger partial charge in [-0.3, -0.25) is 14.7 Å². The molecule has 0 unspecified atom stereocenters. The van der Waals surface area contributed by atoms with Gasteiger partial charge in [-0.1, -0.05) is 0 Å². The van der Waals surface area contributed by atoms with Crippen LogP contribution in [-0.4, -0.2) is 48.5 Å². The summed E-state index contributed by atoms with van der Waals surface area (Å²) in [6.07, 6.45) is 6.08. The zero-order valence-corrected chi connectivity index (χ0v) is 11.1. The zero-order chi connectivity index (χ0) is 13.2. The normalized spacial score (nSPS) is 20.5. The van der Waals surface area contributed by atoms with Crippen molar-refractivity contribution in [2.24, 2.45) is 11.7 Å². The van der Waals surface area contributed by atoms with Crippen molar-refractivity contribution in [2.45, 2.75) is 12.8 Å². The molecule has 1 aromatic rings. The molecule has 2 fully saturated rings. The van der Waals surface area contributed by atoms with Crippen LogP contribution in [0.1, 0.15) is 23.2 Å². The third kappa shape index (κ3) is 2.87. The first-order chi connectivity index (χ1) is 9.24. The number of anilines is 1. The Labute approximate surface area is 113 Å². The second kappa shape index (κ2) is 5.17. The quantitative estimate of drug-likeness (QED) is 0.866. The third-order valence-corrected chi connectivity index (χ3v) is 3.99. The topological polar surface area (TPSA) is 62.5 Å². The molecule has 19 heavy (non-hydrogen) atoms. The van der Waals surface area contributed by atoms with Gasteiger partial charge in [0.25, 0.3) is 5.91 Å². The number of hydrogen-bond acceptors (Lipinski definition) is 4. The molecule has 0 radical (unpaired) electrons. The van der Waals surface area contributed by atoms with Crippen LogP contribution in [0.5, 0.6) is 0 Å². The molecular weight excluding hydrogens is 240 g/mol. The molecule has 2 aliphatic rings. The minimum atomic E-state index is -0.400. The largest absolute Gasteiger partial charge is 0.368 e. The molecule has 0 atom stereocenters. The highest BCUT2D eigenvalue weighted by Crippen LogP contribution is 2.30. The Kier molecular flexibility index (Phi) is 3.38. The summed E-state index contributed by atoms with van der Waals surface area (Å²) in [5.74, 6) is 0.539. The van der Waals surface area contributed by atoms with E-state index < -0.39 is 5.91 Å². The molecule has 0 bridgehead atoms. The van der Waals surface area contributed by atoms with E-state index in [0.717, 1.165) is 37.8 Å². The molecule has 5 nitrogen and oxygen atoms in total. The average Bonchev–Trinajstić information content (AvgIpc) is 3.23. The Morgan fingerprint density at radius 2 is 2.05 bits per heavy atom. The molecule has 3 rings (SSSR count). The molecule has 1 aliphatic carbocycles. The standard InChI is InChI=1S/C14H20N4O/c15-14(19)12-9-16-4-3-13(12)18-7-5-17(6-8-18)10-11-1-2-11/h3-4,9,11H,1-2,5-8,10H2,(H2,15,19). The van der Waals surface area contributed by atoms with Gasteiger partial charge in [0.05, 0.1) is 11.3 Å². The van der Waals surface area contributed by atoms with Gasteiger partial charge >= 0.3 is 0 Å². The van der Waals surface area contributed by atoms with Crippen LogP contribution >= 0.6 is 0 Å². The van der Waals surface area contributed by atoms with E-state index in [-0.39, 0.29) is 0 Å². The molecule has 1 saturated heterocycles. The summed E-state index contributed by atoms with van der Waals surface area (Å²) < 4.78 is 0. The second-order valence-corrected chi connectivity index (χ2v) is 5.49. The van der Waals surface area contributed by atoms with Gasteiger partial charge in [0.2, 0.25) is 0 Å². The number of carbonyl (C=O) groups excluding carboxylic acids is 1. The smallest absolute Gasteiger partial charge is 0.252 e. The van der Waals surface area contributed by atoms with E-state index in [2.05, 4.69) is 14.8 Å². The number of aromatic nitrogens is 1. The van der Waals surface area contributed by atoms with Crippen LogP contribution in [0.3, 0.4) is 0 Å². The lowest BCUT2D eigenvalue weighted by Crippen LogP contribution is -2.47. The van der Waals surface area contributed by atoms with Gasteiger partial charge in [-0.15, -0.1) is 0 Å². The van der Waals surface area contributed by atoms with Crippen molar-refractivity contribution in [1.82, 2.24) is 9.88 Å². The van der Waals surface area contributed by atoms with Crippen molar-refractivity contribution in [3.8, 4) is 0 Å². The van der Waals surface area contributed by atoms with Crippen LogP contribution in [0.15, 0.2) is 18.5 Å². The highest BCUT2D eigenvalue weighted by Gasteiger charge is 2.27. The van der Waals surface area contributed by atoms with E-state index in [1.54, 1.807) is 12.4 Å². The molecule has 1 saturated carbocycles. The highest BCUT2D eigenvalue weighted by atomic mass is 16.1. The monoisotopic (exact) mass is 260 g/mol. The van der Waals surface area contributed by atoms with E-state index in [9.17, 15) is 4.79 Å². The van der Waals surface area contributed by atoms with Crippen LogP contribution in [-0.2, 0) is 0 Å². The van der Waals surface area contributed by atoms with Crippen LogP contribution < -0.4 is 10.6 Å². The number of carbonyl (C=O) groups is 1. The van der Waals surface area contributed by atoms with Crippen molar-refractivity contribution in [3.05, 3.63) is 24.0 Å². The number of nitrogens with two attached hydrogens (primary N) is 1. The predicted octanol–water partition coefficient (Wildman–Crippen LogP) is 0.712. The summed E-state index contributed by atoms with van der Waals surface area (Å²) in [6.45, 7) is 5.29. The molecule has 1 aromatic heterocycles. The van der Waals surface area contributed by atoms with Crippen LogP contribution in [0.2, 0.25) is 0 Å². The Bertz CT molecular complexity index is 464. The number of amides is 1. The van der Waals surface area contributed by atoms with E-state index in [0.29, 0.717) is 5.56 Å². The lowest BCUT2D eigenvalue weighted by molar-refractivity contribution is 0.1000. The maximum absolute atomic E-state index is 11.4. The second-order valence-electron chi connectivity index (χ2n) is 5.49. The number of nitrogens with zero attached hydrogens (tertiary/aromatic N) is 3. The van der Waals surface area contributed by atoms with E-state index >= 15 is 0 Å². The van der Waals surface area contributed by atoms with Gasteiger partial charge in [-0.25, -0.2) is 0 Å². The minimum absolute atomic E-state index is 0.400. The molecule has 1 amide bonds. The lowest BCUT2D eigenvalue weighted by Gasteiger charge is -2.36. The van der Waals surface area contributed by atoms with E-state index in [4.69, 9.17) is 5.73 Å². The number of rotatable bonds is 4. The maximum Gasteiger partial charge on any atom is 0.252 e. The molecule has 0 spiro atoms. The highest BCUT2D eigenvalue weighted by molar-refractivity contribution is 5.98. The summed E-state index contributed by atoms with van der Waals surface area (Å²) in [6, 6.07) is 1.89. The summed E-state index contributed by atoms with van der Waals surface area (Å²) in [5.41, 5.74) is 6.86. The van der Waals surface area contributed by atoms with Gasteiger partial charge < -0.3 is 10.6 Å². The minimum Gasteiger partial charge on any atom is -0.368 e. The molecule has 1 aliphatic heterocycles. The fourth-order valence-electron chi connectivity index (χ4n) is 2.69. The van der Waals surface area contributed by atoms with E-state index in [1.807, 2.05) is 6.07 Å².